The molecule has 2 aromatic rings. The summed E-state index contributed by atoms with van der Waals surface area (Å²) in [5.74, 6) is -0.823. The van der Waals surface area contributed by atoms with Crippen molar-refractivity contribution in [3.63, 3.8) is 0 Å². The highest BCUT2D eigenvalue weighted by atomic mass is 32.1. The van der Waals surface area contributed by atoms with Crippen LogP contribution in [0.25, 0.3) is 33.4 Å². The number of hydrogen-bond acceptors (Lipinski definition) is 5. The highest BCUT2D eigenvalue weighted by molar-refractivity contribution is 7.80. The number of hydrogen-bond donors (Lipinski definition) is 4. The lowest BCUT2D eigenvalue weighted by Gasteiger charge is -2.18. The van der Waals surface area contributed by atoms with Crippen LogP contribution < -0.4 is 16.1 Å². The number of aromatic carboxylic acids is 1. The van der Waals surface area contributed by atoms with E-state index < -0.39 is 5.97 Å². The molecule has 8 heteroatoms. The van der Waals surface area contributed by atoms with E-state index in [0.717, 1.165) is 0 Å². The number of aromatic hydroxyl groups is 1. The van der Waals surface area contributed by atoms with E-state index in [-0.39, 0.29) is 16.7 Å². The zero-order valence-corrected chi connectivity index (χ0v) is 19.2. The fourth-order valence-electron chi connectivity index (χ4n) is 3.50. The Labute approximate surface area is 196 Å². The standard InChI is InChI=1S/C23H18N2O5S.C2H6/c1-2-24-23(31)25-12-3-6-15(18(9-12)22(28)29)21-16-7-4-13(26)10-19(16)30-20-11-14(27)5-8-17(20)21;1-2/h3-11,26H,2H2,1H3,(H,28,29)(H2,24,25,31);1-2H3. The number of carbonyl (C=O) groups is 1. The van der Waals surface area contributed by atoms with E-state index in [1.807, 2.05) is 20.8 Å². The maximum Gasteiger partial charge on any atom is 0.336 e. The van der Waals surface area contributed by atoms with Gasteiger partial charge in [0.1, 0.15) is 17.1 Å². The lowest BCUT2D eigenvalue weighted by molar-refractivity contribution is 0.0697. The second kappa shape index (κ2) is 10.1. The number of phenols is 1. The Morgan fingerprint density at radius 2 is 1.76 bits per heavy atom. The summed E-state index contributed by atoms with van der Waals surface area (Å²) in [6.45, 7) is 6.54. The summed E-state index contributed by atoms with van der Waals surface area (Å²) in [5, 5.41) is 26.7. The topological polar surface area (TPSA) is 112 Å². The zero-order valence-electron chi connectivity index (χ0n) is 18.4. The molecule has 0 unspecified atom stereocenters. The second-order valence-corrected chi connectivity index (χ2v) is 7.27. The molecule has 4 N–H and O–H groups in total. The highest BCUT2D eigenvalue weighted by Crippen LogP contribution is 2.42. The first-order chi connectivity index (χ1) is 15.9. The maximum atomic E-state index is 12.1. The number of thiocarbonyl (C=S) groups is 1. The van der Waals surface area contributed by atoms with Crippen molar-refractivity contribution in [2.24, 2.45) is 0 Å². The normalized spacial score (nSPS) is 10.4. The van der Waals surface area contributed by atoms with E-state index in [9.17, 15) is 19.8 Å². The lowest BCUT2D eigenvalue weighted by atomic mass is 9.90. The predicted octanol–water partition coefficient (Wildman–Crippen LogP) is 5.30. The molecular formula is C25H24N2O5S. The van der Waals surface area contributed by atoms with E-state index in [1.165, 1.54) is 30.3 Å². The zero-order chi connectivity index (χ0) is 24.1. The minimum atomic E-state index is -1.12. The van der Waals surface area contributed by atoms with Gasteiger partial charge in [0, 0.05) is 40.9 Å². The molecule has 0 amide bonds. The summed E-state index contributed by atoms with van der Waals surface area (Å²) in [6.07, 6.45) is 0. The average Bonchev–Trinajstić information content (AvgIpc) is 2.79. The lowest BCUT2D eigenvalue weighted by Crippen LogP contribution is -2.28. The minimum absolute atomic E-state index is 0.00484. The van der Waals surface area contributed by atoms with Crippen LogP contribution in [0.2, 0.25) is 0 Å². The van der Waals surface area contributed by atoms with Crippen molar-refractivity contribution in [2.45, 2.75) is 20.8 Å². The Morgan fingerprint density at radius 3 is 2.45 bits per heavy atom. The molecule has 33 heavy (non-hydrogen) atoms. The van der Waals surface area contributed by atoms with Crippen LogP contribution in [0, 0.1) is 0 Å². The van der Waals surface area contributed by atoms with E-state index in [1.54, 1.807) is 24.3 Å². The van der Waals surface area contributed by atoms with Gasteiger partial charge in [-0.25, -0.2) is 4.79 Å². The quantitative estimate of drug-likeness (QED) is 0.238. The van der Waals surface area contributed by atoms with E-state index in [2.05, 4.69) is 10.6 Å². The van der Waals surface area contributed by atoms with Crippen LogP contribution in [0.5, 0.6) is 5.75 Å². The molecule has 4 rings (SSSR count). The summed E-state index contributed by atoms with van der Waals surface area (Å²) in [7, 11) is 0. The predicted molar refractivity (Wildman–Crippen MR) is 134 cm³/mol. The van der Waals surface area contributed by atoms with Gasteiger partial charge in [0.2, 0.25) is 0 Å². The molecule has 1 heterocycles. The molecular weight excluding hydrogens is 440 g/mol. The fourth-order valence-corrected chi connectivity index (χ4v) is 3.76. The number of carboxylic acids is 1. The number of rotatable bonds is 4. The van der Waals surface area contributed by atoms with E-state index >= 15 is 0 Å². The molecule has 7 nitrogen and oxygen atoms in total. The van der Waals surface area contributed by atoms with Crippen molar-refractivity contribution in [1.82, 2.24) is 5.32 Å². The second-order valence-electron chi connectivity index (χ2n) is 6.87. The van der Waals surface area contributed by atoms with Gasteiger partial charge < -0.3 is 25.3 Å². The van der Waals surface area contributed by atoms with Crippen LogP contribution in [0.15, 0.2) is 63.8 Å². The fraction of sp³-hybridized carbons (Fsp3) is 0.160. The third kappa shape index (κ3) is 4.96. The van der Waals surface area contributed by atoms with Crippen LogP contribution >= 0.6 is 12.2 Å². The van der Waals surface area contributed by atoms with Gasteiger partial charge in [-0.3, -0.25) is 4.79 Å². The number of carboxylic acid groups (broad SMARTS) is 1. The van der Waals surface area contributed by atoms with Crippen LogP contribution in [0.1, 0.15) is 31.1 Å². The van der Waals surface area contributed by atoms with Crippen molar-refractivity contribution in [1.29, 1.82) is 0 Å². The smallest absolute Gasteiger partial charge is 0.336 e. The number of anilines is 1. The molecule has 0 fully saturated rings. The highest BCUT2D eigenvalue weighted by Gasteiger charge is 2.22. The molecule has 0 spiro atoms. The molecule has 1 aliphatic heterocycles. The van der Waals surface area contributed by atoms with Crippen LogP contribution in [-0.2, 0) is 0 Å². The third-order valence-corrected chi connectivity index (χ3v) is 5.04. The first kappa shape index (κ1) is 23.7. The monoisotopic (exact) mass is 464 g/mol. The summed E-state index contributed by atoms with van der Waals surface area (Å²) in [5.41, 5.74) is 2.30. The number of phenolic OH excluding ortho intramolecular Hbond substituents is 1. The summed E-state index contributed by atoms with van der Waals surface area (Å²) < 4.78 is 5.83. The molecule has 2 aliphatic rings. The van der Waals surface area contributed by atoms with Crippen molar-refractivity contribution in [2.75, 3.05) is 11.9 Å². The summed E-state index contributed by atoms with van der Waals surface area (Å²) in [6, 6.07) is 13.9. The third-order valence-electron chi connectivity index (χ3n) is 4.79. The van der Waals surface area contributed by atoms with Crippen molar-refractivity contribution < 1.29 is 19.4 Å². The molecule has 0 aromatic heterocycles. The van der Waals surface area contributed by atoms with Gasteiger partial charge in [-0.05, 0) is 61.1 Å². The largest absolute Gasteiger partial charge is 0.508 e. The minimum Gasteiger partial charge on any atom is -0.508 e. The SMILES string of the molecule is CC.CCNC(=S)Nc1ccc(-c2c3ccc(=O)cc-3oc3cc(O)ccc23)c(C(=O)O)c1. The Kier molecular flexibility index (Phi) is 7.30. The maximum absolute atomic E-state index is 12.1. The van der Waals surface area contributed by atoms with Crippen molar-refractivity contribution >= 4 is 40.0 Å². The number of fused-ring (bicyclic) bond motifs is 2. The molecule has 0 bridgehead atoms. The molecule has 0 atom stereocenters. The molecule has 1 aliphatic carbocycles. The van der Waals surface area contributed by atoms with Gasteiger partial charge >= 0.3 is 5.97 Å². The van der Waals surface area contributed by atoms with Gasteiger partial charge in [-0.15, -0.1) is 0 Å². The summed E-state index contributed by atoms with van der Waals surface area (Å²) in [4.78, 5) is 24.0. The van der Waals surface area contributed by atoms with Crippen LogP contribution in [0.4, 0.5) is 5.69 Å². The van der Waals surface area contributed by atoms with Crippen LogP contribution in [0.3, 0.4) is 0 Å². The Hall–Kier alpha value is -3.91. The van der Waals surface area contributed by atoms with Gasteiger partial charge in [-0.2, -0.15) is 0 Å². The first-order valence-corrected chi connectivity index (χ1v) is 10.9. The molecule has 2 aromatic carbocycles. The molecule has 170 valence electrons. The summed E-state index contributed by atoms with van der Waals surface area (Å²) >= 11 is 5.19. The molecule has 0 saturated heterocycles. The van der Waals surface area contributed by atoms with Crippen LogP contribution in [-0.4, -0.2) is 27.8 Å². The Bertz CT molecular complexity index is 1360. The van der Waals surface area contributed by atoms with E-state index in [4.69, 9.17) is 16.6 Å². The van der Waals surface area contributed by atoms with Crippen molar-refractivity contribution in [3.05, 3.63) is 70.4 Å². The average molecular weight is 465 g/mol. The first-order valence-electron chi connectivity index (χ1n) is 10.5. The Balaban J connectivity index is 0.00000149. The van der Waals surface area contributed by atoms with E-state index in [0.29, 0.717) is 50.8 Å². The van der Waals surface area contributed by atoms with Gasteiger partial charge in [0.25, 0.3) is 0 Å². The number of nitrogens with one attached hydrogen (secondary N) is 2. The molecule has 0 saturated carbocycles. The number of benzene rings is 3. The Morgan fingerprint density at radius 1 is 1.03 bits per heavy atom. The molecule has 0 radical (unpaired) electrons. The van der Waals surface area contributed by atoms with Crippen molar-refractivity contribution in [3.8, 4) is 28.2 Å². The van der Waals surface area contributed by atoms with Gasteiger partial charge in [0.05, 0.1) is 5.56 Å². The van der Waals surface area contributed by atoms with Gasteiger partial charge in [0.15, 0.2) is 10.5 Å². The van der Waals surface area contributed by atoms with Gasteiger partial charge in [-0.1, -0.05) is 19.9 Å².